The summed E-state index contributed by atoms with van der Waals surface area (Å²) in [6.07, 6.45) is 0.124. The molecule has 20 nitrogen and oxygen atoms in total. The van der Waals surface area contributed by atoms with Crippen LogP contribution in [0, 0.1) is 0 Å². The fourth-order valence-electron chi connectivity index (χ4n) is 12.9. The van der Waals surface area contributed by atoms with Crippen molar-refractivity contribution < 1.29 is 127 Å². The van der Waals surface area contributed by atoms with E-state index < -0.39 is 126 Å². The molecule has 5 aliphatic heterocycles. The maximum absolute atomic E-state index is 13.4. The summed E-state index contributed by atoms with van der Waals surface area (Å²) < 4.78 is 118. The number of unbranched alkanes of at least 4 members (excludes halogenated alkanes) is 1. The van der Waals surface area contributed by atoms with Crippen LogP contribution in [0.2, 0.25) is 29.1 Å². The van der Waals surface area contributed by atoms with Gasteiger partial charge in [-0.15, -0.1) is 0 Å². The van der Waals surface area contributed by atoms with Gasteiger partial charge in [0.1, 0.15) is 46.1 Å². The van der Waals surface area contributed by atoms with E-state index in [1.807, 2.05) is 19.1 Å². The normalized spacial score (nSPS) is 17.8. The molecule has 5 aromatic carbocycles. The predicted molar refractivity (Wildman–Crippen MR) is 391 cm³/mol. The van der Waals surface area contributed by atoms with Gasteiger partial charge in [0.2, 0.25) is 11.7 Å². The molecule has 0 spiro atoms. The average Bonchev–Trinajstić information content (AvgIpc) is 0.833. The summed E-state index contributed by atoms with van der Waals surface area (Å²) >= 11 is 0. The van der Waals surface area contributed by atoms with Crippen LogP contribution < -0.4 is 23.3 Å². The van der Waals surface area contributed by atoms with Crippen molar-refractivity contribution in [1.82, 2.24) is 0 Å². The summed E-state index contributed by atoms with van der Waals surface area (Å²) in [5, 5.41) is 50.1. The quantitative estimate of drug-likeness (QED) is 0.0195. The number of carbonyl (C=O) groups excluding carboxylic acids is 10. The smallest absolute Gasteiger partial charge is 0.526 e. The number of para-hydroxylation sites is 5. The Bertz CT molecular complexity index is 4090. The molecule has 108 heavy (non-hydrogen) atoms. The largest absolute Gasteiger partial charge is 0.535 e. The SMILES string of the molecule is CC(=O)c1cccc2c1OB(O)[C@@H](CC(=O)C(C)F)C2.CC(=O)c1cccc2c1OB(O)[C@@H](CC(=O)CC(C)(F)F)C2.CC(=O)c1cccc2c1OB(O)[C@@H](CC(=O)CCC(C)(F)F)C2.CCC(F)(F)C(=O)C[C@H]1Cc2cccc(C(C)=O)c2OB1O.CCCCC(=O)C[C@H]1Cc2cccc(C(C)=O)c2OB1O. The van der Waals surface area contributed by atoms with E-state index in [1.165, 1.54) is 48.5 Å². The van der Waals surface area contributed by atoms with Gasteiger partial charge in [0.25, 0.3) is 5.92 Å². The molecule has 0 saturated carbocycles. The number of ketones is 10. The molecule has 1 unspecified atom stereocenters. The highest BCUT2D eigenvalue weighted by atomic mass is 19.3. The molecule has 6 atom stereocenters. The lowest BCUT2D eigenvalue weighted by Crippen LogP contribution is -2.38. The van der Waals surface area contributed by atoms with Crippen LogP contribution in [0.15, 0.2) is 91.0 Å². The zero-order valence-corrected chi connectivity index (χ0v) is 62.0. The Balaban J connectivity index is 0.000000211. The Morgan fingerprint density at radius 1 is 0.417 bits per heavy atom. The van der Waals surface area contributed by atoms with Crippen LogP contribution in [0.5, 0.6) is 28.7 Å². The van der Waals surface area contributed by atoms with Crippen LogP contribution >= 0.6 is 0 Å². The van der Waals surface area contributed by atoms with E-state index in [-0.39, 0.29) is 84.2 Å². The topological polar surface area (TPSA) is 318 Å². The first-order valence-electron chi connectivity index (χ1n) is 35.8. The number of hydrogen-bond donors (Lipinski definition) is 5. The Kier molecular flexibility index (Phi) is 32.0. The lowest BCUT2D eigenvalue weighted by molar-refractivity contribution is -0.143. The molecule has 0 amide bonds. The second-order valence-corrected chi connectivity index (χ2v) is 28.2. The van der Waals surface area contributed by atoms with E-state index in [1.54, 1.807) is 78.9 Å². The number of halogens is 7. The van der Waals surface area contributed by atoms with Gasteiger partial charge in [0.15, 0.2) is 40.9 Å². The van der Waals surface area contributed by atoms with Gasteiger partial charge in [0.05, 0.1) is 34.2 Å². The summed E-state index contributed by atoms with van der Waals surface area (Å²) in [6.45, 7) is 13.0. The maximum Gasteiger partial charge on any atom is 0.526 e. The minimum absolute atomic E-state index is 0.0268. The van der Waals surface area contributed by atoms with Crippen LogP contribution in [0.25, 0.3) is 0 Å². The first-order valence-corrected chi connectivity index (χ1v) is 35.8. The van der Waals surface area contributed by atoms with Gasteiger partial charge in [-0.05, 0) is 152 Å². The first-order chi connectivity index (χ1) is 50.5. The van der Waals surface area contributed by atoms with E-state index in [9.17, 15) is 104 Å². The van der Waals surface area contributed by atoms with E-state index >= 15 is 0 Å². The highest BCUT2D eigenvalue weighted by Crippen LogP contribution is 2.43. The lowest BCUT2D eigenvalue weighted by Gasteiger charge is -2.29. The van der Waals surface area contributed by atoms with Gasteiger partial charge in [-0.2, -0.15) is 8.78 Å². The van der Waals surface area contributed by atoms with Crippen molar-refractivity contribution in [3.8, 4) is 28.7 Å². The number of alkyl halides is 7. The molecule has 0 aromatic heterocycles. The van der Waals surface area contributed by atoms with Crippen molar-refractivity contribution in [2.45, 2.75) is 231 Å². The zero-order valence-electron chi connectivity index (χ0n) is 62.0. The molecule has 0 saturated heterocycles. The van der Waals surface area contributed by atoms with Crippen LogP contribution in [0.4, 0.5) is 30.7 Å². The highest BCUT2D eigenvalue weighted by Gasteiger charge is 2.45. The third-order valence-electron chi connectivity index (χ3n) is 18.8. The summed E-state index contributed by atoms with van der Waals surface area (Å²) in [5.74, 6) is -13.5. The Hall–Kier alpha value is -8.57. The third-order valence-corrected chi connectivity index (χ3v) is 18.8. The minimum atomic E-state index is -3.39. The van der Waals surface area contributed by atoms with Crippen LogP contribution in [0.1, 0.15) is 226 Å². The minimum Gasteiger partial charge on any atom is -0.535 e. The van der Waals surface area contributed by atoms with Gasteiger partial charge in [-0.3, -0.25) is 47.9 Å². The molecule has 0 bridgehead atoms. The number of carbonyl (C=O) groups is 10. The fraction of sp³-hybridized carbons (Fsp3) is 0.474. The van der Waals surface area contributed by atoms with Crippen molar-refractivity contribution in [3.05, 3.63) is 147 Å². The van der Waals surface area contributed by atoms with Crippen LogP contribution in [-0.2, 0) is 56.1 Å². The molecule has 578 valence electrons. The van der Waals surface area contributed by atoms with Gasteiger partial charge in [-0.25, -0.2) is 22.0 Å². The molecule has 5 heterocycles. The Morgan fingerprint density at radius 3 is 0.935 bits per heavy atom. The summed E-state index contributed by atoms with van der Waals surface area (Å²) in [6, 6.07) is 25.6. The van der Waals surface area contributed by atoms with E-state index in [0.29, 0.717) is 107 Å². The molecule has 5 aliphatic rings. The maximum atomic E-state index is 13.4. The van der Waals surface area contributed by atoms with E-state index in [2.05, 4.69) is 0 Å². The van der Waals surface area contributed by atoms with Crippen molar-refractivity contribution in [2.24, 2.45) is 0 Å². The number of rotatable bonds is 26. The van der Waals surface area contributed by atoms with E-state index in [0.717, 1.165) is 36.5 Å². The molecule has 0 radical (unpaired) electrons. The number of benzene rings is 5. The van der Waals surface area contributed by atoms with Crippen molar-refractivity contribution >= 4 is 93.4 Å². The average molecular weight is 1510 g/mol. The van der Waals surface area contributed by atoms with Crippen LogP contribution in [-0.4, -0.2) is 142 Å². The van der Waals surface area contributed by atoms with Crippen molar-refractivity contribution in [1.29, 1.82) is 0 Å². The molecule has 0 fully saturated rings. The molecular formula is C76H90B5F7O20. The third kappa shape index (κ3) is 25.2. The monoisotopic (exact) mass is 1510 g/mol. The molecule has 10 rings (SSSR count). The molecule has 32 heteroatoms. The lowest BCUT2D eigenvalue weighted by atomic mass is 9.64. The zero-order chi connectivity index (χ0) is 80.4. The Morgan fingerprint density at radius 2 is 0.685 bits per heavy atom. The summed E-state index contributed by atoms with van der Waals surface area (Å²) in [7, 11) is -6.13. The predicted octanol–water partition coefficient (Wildman–Crippen LogP) is 13.2. The first kappa shape index (κ1) is 88.3. The molecule has 5 N–H and O–H groups in total. The van der Waals surface area contributed by atoms with Gasteiger partial charge < -0.3 is 48.4 Å². The molecular weight excluding hydrogens is 1420 g/mol. The van der Waals surface area contributed by atoms with Gasteiger partial charge in [0, 0.05) is 86.9 Å². The van der Waals surface area contributed by atoms with Crippen molar-refractivity contribution in [3.63, 3.8) is 0 Å². The number of fused-ring (bicyclic) bond motifs is 5. The molecule has 0 aliphatic carbocycles. The second-order valence-electron chi connectivity index (χ2n) is 28.2. The van der Waals surface area contributed by atoms with Crippen molar-refractivity contribution in [2.75, 3.05) is 0 Å². The summed E-state index contributed by atoms with van der Waals surface area (Å²) in [5.41, 5.74) is 5.69. The van der Waals surface area contributed by atoms with Crippen LogP contribution in [0.3, 0.4) is 0 Å². The molecule has 5 aromatic rings. The fourth-order valence-corrected chi connectivity index (χ4v) is 12.9. The summed E-state index contributed by atoms with van der Waals surface area (Å²) in [4.78, 5) is 116. The van der Waals surface area contributed by atoms with Gasteiger partial charge >= 0.3 is 41.5 Å². The number of Topliss-reactive ketones (excluding diaryl/α,β-unsaturated/α-hetero) is 10. The Labute approximate surface area is 624 Å². The van der Waals surface area contributed by atoms with E-state index in [4.69, 9.17) is 23.3 Å². The highest BCUT2D eigenvalue weighted by molar-refractivity contribution is 6.49. The van der Waals surface area contributed by atoms with Gasteiger partial charge in [-0.1, -0.05) is 80.9 Å². The number of hydrogen-bond acceptors (Lipinski definition) is 20. The standard InChI is InChI=1S/C16H19BF2O4.C16H21BO4.2C15H17BF2O4.C14H16BFO4/c1-10(20)14-5-3-4-11-8-12(17(22)23-15(11)14)9-13(21)6-7-16(2,18)19;1-3-4-7-14(19)10-13-9-12-6-5-8-15(11(2)18)16(12)21-17(13)20;1-9(19)13-5-3-4-10-6-11(16(21)22-14(10)13)7-12(20)8-15(2,17)18;1-3-15(17,18)13(20)8-11-7-10-5-4-6-12(9(2)19)14(10)22-16(11)21;1-8(16)13(18)7-11-6-10-4-3-5-12(9(2)17)14(10)20-15(11)19/h3-5,12,22H,6-9H2,1-2H3;5-6,8,13,20H,3-4,7,9-10H2,1-2H3;3-5,11,21H,6-8H2,1-2H3;4-6,11,21H,3,7-8H2,1-2H3;3-5,8,11,19H,6-7H2,1-2H3/t12-;13-;2*11-;8?,11-/m11111/s1. The second kappa shape index (κ2) is 39.2.